The molecule has 3 aromatic rings. The van der Waals surface area contributed by atoms with E-state index in [9.17, 15) is 22.4 Å². The van der Waals surface area contributed by atoms with Crippen molar-refractivity contribution in [2.45, 2.75) is 73.5 Å². The number of piperazine rings is 1. The number of pyridine rings is 1. The van der Waals surface area contributed by atoms with Crippen molar-refractivity contribution in [2.24, 2.45) is 4.99 Å². The van der Waals surface area contributed by atoms with Gasteiger partial charge in [0.25, 0.3) is 0 Å². The molecule has 0 bridgehead atoms. The Hall–Kier alpha value is -4.51. The Balaban J connectivity index is 0.000000743. The summed E-state index contributed by atoms with van der Waals surface area (Å²) in [7, 11) is 3.50. The minimum Gasteiger partial charge on any atom is -0.484 e. The van der Waals surface area contributed by atoms with Gasteiger partial charge in [-0.25, -0.2) is 13.8 Å². The van der Waals surface area contributed by atoms with Crippen molar-refractivity contribution in [1.82, 2.24) is 9.47 Å². The maximum absolute atomic E-state index is 15.6. The smallest absolute Gasteiger partial charge is 0.416 e. The van der Waals surface area contributed by atoms with Crippen molar-refractivity contribution in [1.29, 1.82) is 0 Å². The van der Waals surface area contributed by atoms with Gasteiger partial charge in [-0.15, -0.1) is 13.2 Å². The second-order valence-corrected chi connectivity index (χ2v) is 12.7. The molecule has 6 nitrogen and oxygen atoms in total. The van der Waals surface area contributed by atoms with Crippen molar-refractivity contribution in [2.75, 3.05) is 45.2 Å². The highest BCUT2D eigenvalue weighted by atomic mass is 19.4. The highest BCUT2D eigenvalue weighted by Gasteiger charge is 2.30. The number of rotatable bonds is 9. The molecular weight excluding hydrogens is 675 g/mol. The average Bonchev–Trinajstić information content (AvgIpc) is 3.11. The molecule has 0 amide bonds. The second kappa shape index (κ2) is 20.5. The summed E-state index contributed by atoms with van der Waals surface area (Å²) in [6.45, 7) is 19.9. The Morgan fingerprint density at radius 3 is 2.17 bits per heavy atom. The number of ether oxygens (including phenoxy) is 1. The van der Waals surface area contributed by atoms with Gasteiger partial charge in [0, 0.05) is 50.7 Å². The van der Waals surface area contributed by atoms with Gasteiger partial charge in [-0.3, -0.25) is 4.79 Å². The second-order valence-electron chi connectivity index (χ2n) is 12.7. The Bertz CT molecular complexity index is 1800. The van der Waals surface area contributed by atoms with Gasteiger partial charge in [0.15, 0.2) is 11.3 Å². The van der Waals surface area contributed by atoms with Crippen LogP contribution in [0, 0.1) is 5.82 Å². The van der Waals surface area contributed by atoms with Crippen LogP contribution < -0.4 is 10.3 Å². The molecule has 0 saturated carbocycles. The number of nitrogens with zero attached hydrogens (tertiary/aromatic N) is 4. The SMILES string of the molecule is C=C.CC(C)=CC/C=C(\C)F.CCC(=NC(=C(C)CC)c1cn(Cc2cccc(C(F)(F)F)c2)c2cc(N3CCN(C)CC3)c(F)cc2c1=O)OC. The van der Waals surface area contributed by atoms with Crippen LogP contribution in [0.2, 0.25) is 0 Å². The number of methoxy groups -OCH3 is 1. The van der Waals surface area contributed by atoms with Crippen LogP contribution >= 0.6 is 0 Å². The number of aromatic nitrogens is 1. The number of likely N-dealkylation sites (N-methyl/N-ethyl adjacent to an activating group) is 1. The summed E-state index contributed by atoms with van der Waals surface area (Å²) in [5.74, 6) is -0.199. The predicted molar refractivity (Wildman–Crippen MR) is 206 cm³/mol. The molecule has 1 aliphatic rings. The molecule has 0 atom stereocenters. The zero-order valence-corrected chi connectivity index (χ0v) is 31.8. The minimum absolute atomic E-state index is 0.0363. The Morgan fingerprint density at radius 2 is 1.63 bits per heavy atom. The number of aliphatic imine (C=N–C) groups is 1. The van der Waals surface area contributed by atoms with Crippen molar-refractivity contribution >= 4 is 28.2 Å². The van der Waals surface area contributed by atoms with E-state index < -0.39 is 23.0 Å². The number of hydrogen-bond acceptors (Lipinski definition) is 5. The van der Waals surface area contributed by atoms with Crippen LogP contribution in [0.4, 0.5) is 27.6 Å². The number of benzene rings is 2. The average molecular weight is 729 g/mol. The van der Waals surface area contributed by atoms with E-state index in [0.717, 1.165) is 30.8 Å². The summed E-state index contributed by atoms with van der Waals surface area (Å²) in [5, 5.41) is 0.136. The number of halogens is 5. The number of hydrogen-bond donors (Lipinski definition) is 0. The first-order valence-electron chi connectivity index (χ1n) is 17.3. The van der Waals surface area contributed by atoms with E-state index in [1.165, 1.54) is 31.7 Å². The fourth-order valence-corrected chi connectivity index (χ4v) is 5.44. The van der Waals surface area contributed by atoms with Crippen LogP contribution in [-0.4, -0.2) is 55.7 Å². The Morgan fingerprint density at radius 1 is 0.981 bits per heavy atom. The highest BCUT2D eigenvalue weighted by Crippen LogP contribution is 2.32. The molecule has 0 radical (unpaired) electrons. The monoisotopic (exact) mass is 728 g/mol. The lowest BCUT2D eigenvalue weighted by Gasteiger charge is -2.34. The first-order chi connectivity index (χ1) is 24.6. The number of allylic oxidation sites excluding steroid dienone is 5. The summed E-state index contributed by atoms with van der Waals surface area (Å²) in [4.78, 5) is 22.7. The number of alkyl halides is 3. The van der Waals surface area contributed by atoms with Crippen molar-refractivity contribution in [3.8, 4) is 0 Å². The highest BCUT2D eigenvalue weighted by molar-refractivity contribution is 5.89. The summed E-state index contributed by atoms with van der Waals surface area (Å²) < 4.78 is 75.2. The zero-order valence-electron chi connectivity index (χ0n) is 31.8. The molecule has 284 valence electrons. The lowest BCUT2D eigenvalue weighted by Crippen LogP contribution is -2.44. The quantitative estimate of drug-likeness (QED) is 0.0953. The molecule has 0 unspecified atom stereocenters. The third-order valence-corrected chi connectivity index (χ3v) is 8.49. The van der Waals surface area contributed by atoms with Gasteiger partial charge in [0.05, 0.1) is 41.0 Å². The summed E-state index contributed by atoms with van der Waals surface area (Å²) >= 11 is 0. The first kappa shape index (κ1) is 43.7. The molecule has 11 heteroatoms. The fourth-order valence-electron chi connectivity index (χ4n) is 5.44. The van der Waals surface area contributed by atoms with Crippen LogP contribution in [0.15, 0.2) is 94.7 Å². The third-order valence-electron chi connectivity index (χ3n) is 8.49. The predicted octanol–water partition coefficient (Wildman–Crippen LogP) is 10.6. The molecule has 1 aliphatic heterocycles. The van der Waals surface area contributed by atoms with Crippen LogP contribution in [0.1, 0.15) is 77.5 Å². The van der Waals surface area contributed by atoms with Crippen molar-refractivity contribution in [3.05, 3.63) is 118 Å². The normalized spacial score (nSPS) is 14.5. The molecule has 2 heterocycles. The lowest BCUT2D eigenvalue weighted by atomic mass is 10.0. The van der Waals surface area contributed by atoms with Crippen LogP contribution in [0.25, 0.3) is 16.6 Å². The van der Waals surface area contributed by atoms with E-state index in [1.54, 1.807) is 29.0 Å². The van der Waals surface area contributed by atoms with E-state index in [4.69, 9.17) is 4.74 Å². The van der Waals surface area contributed by atoms with E-state index in [2.05, 4.69) is 23.1 Å². The topological polar surface area (TPSA) is 50.1 Å². The molecule has 0 N–H and O–H groups in total. The van der Waals surface area contributed by atoms with Gasteiger partial charge in [0.2, 0.25) is 0 Å². The van der Waals surface area contributed by atoms with Crippen molar-refractivity contribution < 1.29 is 26.7 Å². The molecule has 1 aromatic heterocycles. The molecular formula is C41H53F5N4O2. The van der Waals surface area contributed by atoms with E-state index in [1.807, 2.05) is 52.6 Å². The molecule has 52 heavy (non-hydrogen) atoms. The maximum Gasteiger partial charge on any atom is 0.416 e. The standard InChI is InChI=1S/C31H36F4N4O2.C8H13F.C2H4/c1-6-20(3)29(36-28(7-2)41-5)24-19-39(18-21-9-8-10-22(15-21)31(33,34)35)26-17-27(25(32)16-23(26)30(24)40)38-13-11-37(4)12-14-38;1-7(2)5-4-6-8(3)9;1-2/h8-10,15-17,19H,6-7,11-14,18H2,1-5H3;5-6H,4H2,1-3H3;1-2H2/b;8-6+;. The van der Waals surface area contributed by atoms with E-state index in [0.29, 0.717) is 60.7 Å². The lowest BCUT2D eigenvalue weighted by molar-refractivity contribution is -0.137. The first-order valence-corrected chi connectivity index (χ1v) is 17.3. The molecule has 2 aromatic carbocycles. The number of fused-ring (bicyclic) bond motifs is 1. The van der Waals surface area contributed by atoms with Crippen molar-refractivity contribution in [3.63, 3.8) is 0 Å². The van der Waals surface area contributed by atoms with Crippen LogP contribution in [-0.2, 0) is 17.5 Å². The largest absolute Gasteiger partial charge is 0.484 e. The van der Waals surface area contributed by atoms with Gasteiger partial charge in [-0.05, 0) is 89.1 Å². The van der Waals surface area contributed by atoms with Gasteiger partial charge < -0.3 is 19.1 Å². The summed E-state index contributed by atoms with van der Waals surface area (Å²) in [5.41, 5.74) is 2.74. The zero-order chi connectivity index (χ0) is 39.2. The molecule has 1 fully saturated rings. The van der Waals surface area contributed by atoms with Gasteiger partial charge in [0.1, 0.15) is 5.82 Å². The minimum atomic E-state index is -4.50. The molecule has 0 aliphatic carbocycles. The van der Waals surface area contributed by atoms with Gasteiger partial charge in [-0.2, -0.15) is 13.2 Å². The van der Waals surface area contributed by atoms with E-state index >= 15 is 4.39 Å². The Kier molecular flexibility index (Phi) is 17.2. The number of anilines is 1. The summed E-state index contributed by atoms with van der Waals surface area (Å²) in [6.07, 6.45) is 2.48. The summed E-state index contributed by atoms with van der Waals surface area (Å²) in [6, 6.07) is 7.98. The van der Waals surface area contributed by atoms with Crippen LogP contribution in [0.3, 0.4) is 0 Å². The molecule has 1 saturated heterocycles. The van der Waals surface area contributed by atoms with Gasteiger partial charge >= 0.3 is 6.18 Å². The fraction of sp³-hybridized carbons (Fsp3) is 0.415. The Labute approximate surface area is 305 Å². The van der Waals surface area contributed by atoms with Crippen LogP contribution in [0.5, 0.6) is 0 Å². The maximum atomic E-state index is 15.6. The van der Waals surface area contributed by atoms with Gasteiger partial charge in [-0.1, -0.05) is 37.6 Å². The molecule has 4 rings (SSSR count). The molecule has 0 spiro atoms. The third kappa shape index (κ3) is 12.3. The van der Waals surface area contributed by atoms with E-state index in [-0.39, 0.29) is 23.3 Å².